The first-order chi connectivity index (χ1) is 15.5. The number of aromatic nitrogens is 6. The monoisotopic (exact) mass is 425 g/mol. The first-order valence-corrected chi connectivity index (χ1v) is 10.3. The van der Waals surface area contributed by atoms with Gasteiger partial charge in [0.05, 0.1) is 47.4 Å². The molecule has 0 aliphatic rings. The molecule has 1 aromatic carbocycles. The van der Waals surface area contributed by atoms with Crippen molar-refractivity contribution in [3.8, 4) is 28.3 Å². The van der Waals surface area contributed by atoms with Gasteiger partial charge in [-0.15, -0.1) is 0 Å². The smallest absolute Gasteiger partial charge is 0.154 e. The summed E-state index contributed by atoms with van der Waals surface area (Å²) in [5, 5.41) is 15.1. The fourth-order valence-corrected chi connectivity index (χ4v) is 3.76. The lowest BCUT2D eigenvalue weighted by atomic mass is 10.0. The second kappa shape index (κ2) is 7.99. The molecule has 8 heteroatoms. The molecular weight excluding hydrogens is 402 g/mol. The Balaban J connectivity index is 1.77. The first-order valence-electron chi connectivity index (χ1n) is 10.3. The van der Waals surface area contributed by atoms with Gasteiger partial charge in [-0.05, 0) is 43.3 Å². The van der Waals surface area contributed by atoms with Crippen LogP contribution in [0.25, 0.3) is 39.2 Å². The number of rotatable bonds is 5. The van der Waals surface area contributed by atoms with Crippen LogP contribution >= 0.6 is 0 Å². The molecule has 3 N–H and O–H groups in total. The highest BCUT2D eigenvalue weighted by Crippen LogP contribution is 2.34. The predicted octanol–water partition coefficient (Wildman–Crippen LogP) is 3.40. The van der Waals surface area contributed by atoms with E-state index in [-0.39, 0.29) is 12.6 Å². The Bertz CT molecular complexity index is 1420. The van der Waals surface area contributed by atoms with Crippen LogP contribution in [0.1, 0.15) is 24.4 Å². The molecule has 1 atom stereocenters. The minimum absolute atomic E-state index is 0.133. The number of imidazole rings is 1. The summed E-state index contributed by atoms with van der Waals surface area (Å²) in [5.41, 5.74) is 11.9. The molecule has 5 aromatic rings. The molecule has 0 saturated carbocycles. The zero-order valence-electron chi connectivity index (χ0n) is 17.8. The van der Waals surface area contributed by atoms with Crippen molar-refractivity contribution in [1.82, 2.24) is 29.3 Å². The molecule has 0 bridgehead atoms. The van der Waals surface area contributed by atoms with Gasteiger partial charge in [-0.1, -0.05) is 12.1 Å². The van der Waals surface area contributed by atoms with Gasteiger partial charge in [0.1, 0.15) is 0 Å². The van der Waals surface area contributed by atoms with Crippen molar-refractivity contribution in [1.29, 1.82) is 0 Å². The van der Waals surface area contributed by atoms with Crippen LogP contribution in [0.15, 0.2) is 67.3 Å². The Morgan fingerprint density at radius 3 is 2.66 bits per heavy atom. The van der Waals surface area contributed by atoms with Crippen molar-refractivity contribution in [3.63, 3.8) is 0 Å². The lowest BCUT2D eigenvalue weighted by molar-refractivity contribution is 0.276. The molecule has 0 saturated heterocycles. The molecule has 0 fully saturated rings. The summed E-state index contributed by atoms with van der Waals surface area (Å²) >= 11 is 0. The number of benzene rings is 1. The van der Waals surface area contributed by atoms with Gasteiger partial charge < -0.3 is 15.4 Å². The summed E-state index contributed by atoms with van der Waals surface area (Å²) in [6.45, 7) is 1.79. The maximum absolute atomic E-state index is 9.51. The average Bonchev–Trinajstić information content (AvgIpc) is 3.45. The van der Waals surface area contributed by atoms with E-state index in [0.717, 1.165) is 39.1 Å². The number of aryl methyl sites for hydroxylation is 1. The molecule has 4 heterocycles. The molecule has 0 aliphatic heterocycles. The Morgan fingerprint density at radius 2 is 1.91 bits per heavy atom. The van der Waals surface area contributed by atoms with Gasteiger partial charge in [0.25, 0.3) is 0 Å². The second-order valence-corrected chi connectivity index (χ2v) is 7.82. The number of hydrogen-bond acceptors (Lipinski definition) is 6. The van der Waals surface area contributed by atoms with Gasteiger partial charge in [0.2, 0.25) is 0 Å². The highest BCUT2D eigenvalue weighted by molar-refractivity contribution is 5.97. The number of aliphatic hydroxyl groups excluding tert-OH is 1. The fourth-order valence-electron chi connectivity index (χ4n) is 3.76. The molecule has 5 rings (SSSR count). The molecule has 1 unspecified atom stereocenters. The standard InChI is InChI=1S/C24H23N7O/c1-15(25)20-6-4-7-21(29-20)16-9-18(22-12-30(2)14-26-22)19-11-27-31(23(19)10-16)24-8-3-5-17(13-32)28-24/h3-12,14-15,32H,13,25H2,1-2H3. The molecule has 0 spiro atoms. The molecule has 4 aromatic heterocycles. The molecule has 0 aliphatic carbocycles. The highest BCUT2D eigenvalue weighted by atomic mass is 16.3. The van der Waals surface area contributed by atoms with Crippen molar-refractivity contribution in [2.45, 2.75) is 19.6 Å². The van der Waals surface area contributed by atoms with Gasteiger partial charge in [0.15, 0.2) is 5.82 Å². The zero-order chi connectivity index (χ0) is 22.2. The van der Waals surface area contributed by atoms with Crippen LogP contribution in [0.3, 0.4) is 0 Å². The summed E-state index contributed by atoms with van der Waals surface area (Å²) < 4.78 is 3.69. The van der Waals surface area contributed by atoms with Crippen LogP contribution in [0.4, 0.5) is 0 Å². The largest absolute Gasteiger partial charge is 0.390 e. The van der Waals surface area contributed by atoms with Crippen LogP contribution in [-0.4, -0.2) is 34.4 Å². The zero-order valence-corrected chi connectivity index (χ0v) is 17.8. The fraction of sp³-hybridized carbons (Fsp3) is 0.167. The molecule has 32 heavy (non-hydrogen) atoms. The van der Waals surface area contributed by atoms with Crippen molar-refractivity contribution in [2.75, 3.05) is 0 Å². The quantitative estimate of drug-likeness (QED) is 0.447. The molecule has 160 valence electrons. The van der Waals surface area contributed by atoms with Crippen LogP contribution in [0.2, 0.25) is 0 Å². The molecular formula is C24H23N7O. The summed E-state index contributed by atoms with van der Waals surface area (Å²) in [7, 11) is 1.94. The van der Waals surface area contributed by atoms with Gasteiger partial charge in [-0.25, -0.2) is 14.6 Å². The second-order valence-electron chi connectivity index (χ2n) is 7.82. The summed E-state index contributed by atoms with van der Waals surface area (Å²) in [5.74, 6) is 0.632. The minimum atomic E-state index is -0.162. The van der Waals surface area contributed by atoms with E-state index in [0.29, 0.717) is 11.5 Å². The SMILES string of the molecule is CC(N)c1cccc(-c2cc(-c3cn(C)cn3)c3cnn(-c4cccc(CO)n4)c3c2)n1. The Morgan fingerprint density at radius 1 is 1.06 bits per heavy atom. The average molecular weight is 425 g/mol. The van der Waals surface area contributed by atoms with Crippen LogP contribution in [0, 0.1) is 0 Å². The maximum Gasteiger partial charge on any atom is 0.154 e. The van der Waals surface area contributed by atoms with Crippen molar-refractivity contribution < 1.29 is 5.11 Å². The van der Waals surface area contributed by atoms with Gasteiger partial charge in [-0.2, -0.15) is 5.10 Å². The Kier molecular flexibility index (Phi) is 5.01. The van der Waals surface area contributed by atoms with E-state index >= 15 is 0 Å². The van der Waals surface area contributed by atoms with E-state index in [4.69, 9.17) is 10.7 Å². The predicted molar refractivity (Wildman–Crippen MR) is 123 cm³/mol. The Hall–Kier alpha value is -3.88. The normalized spacial score (nSPS) is 12.4. The van der Waals surface area contributed by atoms with E-state index in [1.165, 1.54) is 0 Å². The number of hydrogen-bond donors (Lipinski definition) is 2. The number of fused-ring (bicyclic) bond motifs is 1. The lowest BCUT2D eigenvalue weighted by Gasteiger charge is -2.11. The highest BCUT2D eigenvalue weighted by Gasteiger charge is 2.16. The van der Waals surface area contributed by atoms with Crippen molar-refractivity contribution in [3.05, 3.63) is 78.6 Å². The summed E-state index contributed by atoms with van der Waals surface area (Å²) in [6.07, 6.45) is 5.58. The number of pyridine rings is 2. The van der Waals surface area contributed by atoms with E-state index in [2.05, 4.69) is 27.2 Å². The van der Waals surface area contributed by atoms with E-state index < -0.39 is 0 Å². The minimum Gasteiger partial charge on any atom is -0.390 e. The van der Waals surface area contributed by atoms with Crippen LogP contribution in [0.5, 0.6) is 0 Å². The van der Waals surface area contributed by atoms with Gasteiger partial charge >= 0.3 is 0 Å². The summed E-state index contributed by atoms with van der Waals surface area (Å²) in [6, 6.07) is 15.4. The third kappa shape index (κ3) is 3.55. The van der Waals surface area contributed by atoms with Crippen molar-refractivity contribution >= 4 is 10.9 Å². The van der Waals surface area contributed by atoms with Gasteiger partial charge in [-0.3, -0.25) is 4.98 Å². The number of aliphatic hydroxyl groups is 1. The first kappa shape index (κ1) is 20.0. The van der Waals surface area contributed by atoms with E-state index in [1.54, 1.807) is 17.1 Å². The number of nitrogens with zero attached hydrogens (tertiary/aromatic N) is 6. The van der Waals surface area contributed by atoms with Crippen molar-refractivity contribution in [2.24, 2.45) is 12.8 Å². The molecule has 0 radical (unpaired) electrons. The van der Waals surface area contributed by atoms with E-state index in [1.807, 2.05) is 61.3 Å². The van der Waals surface area contributed by atoms with Crippen LogP contribution < -0.4 is 5.73 Å². The van der Waals surface area contributed by atoms with Crippen LogP contribution in [-0.2, 0) is 13.7 Å². The maximum atomic E-state index is 9.51. The number of nitrogens with two attached hydrogens (primary N) is 1. The lowest BCUT2D eigenvalue weighted by Crippen LogP contribution is -2.07. The van der Waals surface area contributed by atoms with E-state index in [9.17, 15) is 5.11 Å². The summed E-state index contributed by atoms with van der Waals surface area (Å²) in [4.78, 5) is 13.9. The topological polar surface area (TPSA) is 108 Å². The molecule has 0 amide bonds. The Labute approximate surface area is 185 Å². The third-order valence-corrected chi connectivity index (χ3v) is 5.37. The van der Waals surface area contributed by atoms with Gasteiger partial charge in [0, 0.05) is 35.8 Å². The molecule has 8 nitrogen and oxygen atoms in total. The third-order valence-electron chi connectivity index (χ3n) is 5.37.